The molecule has 1 amide bonds. The minimum Gasteiger partial charge on any atom is -0.330 e. The quantitative estimate of drug-likeness (QED) is 0.907. The van der Waals surface area contributed by atoms with Crippen LogP contribution in [0.15, 0.2) is 24.3 Å². The fraction of sp³-hybridized carbons (Fsp3) is 0.562. The Hall–Kier alpha value is -1.35. The van der Waals surface area contributed by atoms with E-state index < -0.39 is 0 Å². The zero-order valence-electron chi connectivity index (χ0n) is 12.7. The summed E-state index contributed by atoms with van der Waals surface area (Å²) < 4.78 is 0. The molecule has 0 bridgehead atoms. The maximum absolute atomic E-state index is 12.2. The molecule has 1 aromatic carbocycles. The Labute approximate surface area is 116 Å². The molecule has 1 unspecified atom stereocenters. The monoisotopic (exact) mass is 262 g/mol. The molecule has 1 atom stereocenters. The molecule has 19 heavy (non-hydrogen) atoms. The van der Waals surface area contributed by atoms with Gasteiger partial charge in [0.1, 0.15) is 0 Å². The molecule has 0 saturated heterocycles. The van der Waals surface area contributed by atoms with Crippen molar-refractivity contribution in [2.24, 2.45) is 11.7 Å². The number of nitrogens with two attached hydrogens (primary N) is 1. The van der Waals surface area contributed by atoms with Crippen molar-refractivity contribution in [1.29, 1.82) is 0 Å². The van der Waals surface area contributed by atoms with Crippen LogP contribution in [0.5, 0.6) is 0 Å². The summed E-state index contributed by atoms with van der Waals surface area (Å²) in [6.07, 6.45) is 0.725. The number of benzene rings is 1. The first-order valence-corrected chi connectivity index (χ1v) is 6.85. The lowest BCUT2D eigenvalue weighted by atomic mass is 9.87. The maximum Gasteiger partial charge on any atom is 0.229 e. The summed E-state index contributed by atoms with van der Waals surface area (Å²) in [5.74, 6) is 0.0891. The number of hydrogen-bond acceptors (Lipinski definition) is 2. The van der Waals surface area contributed by atoms with E-state index in [1.54, 1.807) is 4.90 Å². The fourth-order valence-corrected chi connectivity index (χ4v) is 2.02. The van der Waals surface area contributed by atoms with Gasteiger partial charge in [-0.05, 0) is 36.1 Å². The molecule has 0 heterocycles. The summed E-state index contributed by atoms with van der Waals surface area (Å²) in [5.41, 5.74) is 7.84. The van der Waals surface area contributed by atoms with Crippen molar-refractivity contribution >= 4 is 11.6 Å². The smallest absolute Gasteiger partial charge is 0.229 e. The Kier molecular flexibility index (Phi) is 5.12. The van der Waals surface area contributed by atoms with Gasteiger partial charge in [-0.3, -0.25) is 4.79 Å². The van der Waals surface area contributed by atoms with Gasteiger partial charge in [0.25, 0.3) is 0 Å². The van der Waals surface area contributed by atoms with Crippen LogP contribution in [0.25, 0.3) is 0 Å². The first-order chi connectivity index (χ1) is 8.77. The van der Waals surface area contributed by atoms with Crippen LogP contribution in [0.4, 0.5) is 5.69 Å². The average Bonchev–Trinajstić information content (AvgIpc) is 2.36. The molecule has 1 aromatic rings. The third-order valence-corrected chi connectivity index (χ3v) is 3.47. The molecule has 106 valence electrons. The number of amides is 1. The zero-order valence-corrected chi connectivity index (χ0v) is 12.7. The van der Waals surface area contributed by atoms with Crippen LogP contribution in [-0.2, 0) is 10.2 Å². The lowest BCUT2D eigenvalue weighted by Crippen LogP contribution is -2.32. The van der Waals surface area contributed by atoms with E-state index in [2.05, 4.69) is 32.9 Å². The Bertz CT molecular complexity index is 417. The summed E-state index contributed by atoms with van der Waals surface area (Å²) in [6.45, 7) is 9.01. The summed E-state index contributed by atoms with van der Waals surface area (Å²) in [4.78, 5) is 13.9. The highest BCUT2D eigenvalue weighted by Crippen LogP contribution is 2.25. The number of carbonyl (C=O) groups is 1. The van der Waals surface area contributed by atoms with E-state index in [4.69, 9.17) is 5.73 Å². The second-order valence-corrected chi connectivity index (χ2v) is 6.17. The van der Waals surface area contributed by atoms with Crippen LogP contribution in [-0.4, -0.2) is 19.5 Å². The van der Waals surface area contributed by atoms with Gasteiger partial charge in [0.15, 0.2) is 0 Å². The third-order valence-electron chi connectivity index (χ3n) is 3.47. The minimum absolute atomic E-state index is 0.0303. The van der Waals surface area contributed by atoms with Crippen LogP contribution in [0.3, 0.4) is 0 Å². The maximum atomic E-state index is 12.2. The Morgan fingerprint density at radius 2 is 1.79 bits per heavy atom. The second kappa shape index (κ2) is 6.20. The van der Waals surface area contributed by atoms with Crippen LogP contribution < -0.4 is 10.6 Å². The number of hydrogen-bond donors (Lipinski definition) is 1. The highest BCUT2D eigenvalue weighted by atomic mass is 16.2. The van der Waals surface area contributed by atoms with Crippen LogP contribution >= 0.6 is 0 Å². The summed E-state index contributed by atoms with van der Waals surface area (Å²) in [7, 11) is 1.82. The van der Waals surface area contributed by atoms with E-state index in [-0.39, 0.29) is 17.2 Å². The number of rotatable bonds is 4. The summed E-state index contributed by atoms with van der Waals surface area (Å²) in [6, 6.07) is 8.20. The van der Waals surface area contributed by atoms with Crippen molar-refractivity contribution in [3.05, 3.63) is 29.8 Å². The van der Waals surface area contributed by atoms with Crippen LogP contribution in [0.2, 0.25) is 0 Å². The number of nitrogens with zero attached hydrogens (tertiary/aromatic N) is 1. The van der Waals surface area contributed by atoms with Gasteiger partial charge in [-0.25, -0.2) is 0 Å². The van der Waals surface area contributed by atoms with Crippen molar-refractivity contribution in [1.82, 2.24) is 0 Å². The lowest BCUT2D eigenvalue weighted by Gasteiger charge is -2.23. The van der Waals surface area contributed by atoms with Crippen molar-refractivity contribution in [3.8, 4) is 0 Å². The summed E-state index contributed by atoms with van der Waals surface area (Å²) in [5, 5.41) is 0. The van der Waals surface area contributed by atoms with E-state index in [1.165, 1.54) is 5.56 Å². The van der Waals surface area contributed by atoms with E-state index in [1.807, 2.05) is 26.1 Å². The van der Waals surface area contributed by atoms with E-state index >= 15 is 0 Å². The van der Waals surface area contributed by atoms with E-state index in [0.29, 0.717) is 6.54 Å². The molecule has 0 fully saturated rings. The van der Waals surface area contributed by atoms with Gasteiger partial charge in [-0.1, -0.05) is 39.8 Å². The fourth-order valence-electron chi connectivity index (χ4n) is 2.02. The normalized spacial score (nSPS) is 13.2. The molecular weight excluding hydrogens is 236 g/mol. The molecule has 0 aliphatic rings. The van der Waals surface area contributed by atoms with Crippen molar-refractivity contribution in [3.63, 3.8) is 0 Å². The largest absolute Gasteiger partial charge is 0.330 e. The molecule has 2 N–H and O–H groups in total. The first kappa shape index (κ1) is 15.7. The molecule has 0 aromatic heterocycles. The highest BCUT2D eigenvalue weighted by molar-refractivity contribution is 5.94. The van der Waals surface area contributed by atoms with E-state index in [0.717, 1.165) is 12.1 Å². The van der Waals surface area contributed by atoms with Gasteiger partial charge in [-0.2, -0.15) is 0 Å². The Morgan fingerprint density at radius 3 is 2.21 bits per heavy atom. The van der Waals surface area contributed by atoms with E-state index in [9.17, 15) is 4.79 Å². The SMILES string of the molecule is CC(CCN)C(=O)N(C)c1ccc(C(C)(C)C)cc1. The Balaban J connectivity index is 2.83. The second-order valence-electron chi connectivity index (χ2n) is 6.17. The number of anilines is 1. The number of carbonyl (C=O) groups excluding carboxylic acids is 1. The summed E-state index contributed by atoms with van der Waals surface area (Å²) >= 11 is 0. The Morgan fingerprint density at radius 1 is 1.26 bits per heavy atom. The average molecular weight is 262 g/mol. The lowest BCUT2D eigenvalue weighted by molar-refractivity contribution is -0.121. The van der Waals surface area contributed by atoms with Crippen molar-refractivity contribution < 1.29 is 4.79 Å². The van der Waals surface area contributed by atoms with Gasteiger partial charge in [0.05, 0.1) is 0 Å². The topological polar surface area (TPSA) is 46.3 Å². The molecule has 3 heteroatoms. The van der Waals surface area contributed by atoms with Gasteiger partial charge >= 0.3 is 0 Å². The van der Waals surface area contributed by atoms with Crippen molar-refractivity contribution in [2.45, 2.75) is 39.5 Å². The van der Waals surface area contributed by atoms with Gasteiger partial charge in [0, 0.05) is 18.7 Å². The molecule has 0 aliphatic heterocycles. The van der Waals surface area contributed by atoms with Crippen LogP contribution in [0.1, 0.15) is 39.7 Å². The van der Waals surface area contributed by atoms with Crippen molar-refractivity contribution in [2.75, 3.05) is 18.5 Å². The molecule has 0 aliphatic carbocycles. The molecule has 0 radical (unpaired) electrons. The predicted molar refractivity (Wildman–Crippen MR) is 81.4 cm³/mol. The predicted octanol–water partition coefficient (Wildman–Crippen LogP) is 2.93. The standard InChI is InChI=1S/C16H26N2O/c1-12(10-11-17)15(19)18(5)14-8-6-13(7-9-14)16(2,3)4/h6-9,12H,10-11,17H2,1-5H3. The van der Waals surface area contributed by atoms with Gasteiger partial charge in [0.2, 0.25) is 5.91 Å². The zero-order chi connectivity index (χ0) is 14.6. The van der Waals surface area contributed by atoms with Crippen LogP contribution in [0, 0.1) is 5.92 Å². The molecule has 0 spiro atoms. The molecule has 1 rings (SSSR count). The molecule has 3 nitrogen and oxygen atoms in total. The minimum atomic E-state index is -0.0303. The van der Waals surface area contributed by atoms with Gasteiger partial charge < -0.3 is 10.6 Å². The molecule has 0 saturated carbocycles. The third kappa shape index (κ3) is 4.06. The van der Waals surface area contributed by atoms with Gasteiger partial charge in [-0.15, -0.1) is 0 Å². The highest BCUT2D eigenvalue weighted by Gasteiger charge is 2.19. The first-order valence-electron chi connectivity index (χ1n) is 6.85. The molecular formula is C16H26N2O.